The summed E-state index contributed by atoms with van der Waals surface area (Å²) in [6, 6.07) is 7.78. The molecule has 1 aromatic rings. The van der Waals surface area contributed by atoms with E-state index in [1.807, 2.05) is 6.20 Å². The number of rotatable bonds is 18. The van der Waals surface area contributed by atoms with Crippen molar-refractivity contribution in [2.45, 2.75) is 96.3 Å². The first-order chi connectivity index (χ1) is 15.9. The highest BCUT2D eigenvalue weighted by atomic mass is 32.2. The van der Waals surface area contributed by atoms with Crippen LogP contribution in [0.2, 0.25) is 0 Å². The summed E-state index contributed by atoms with van der Waals surface area (Å²) < 4.78 is 29.9. The van der Waals surface area contributed by atoms with Gasteiger partial charge in [0.25, 0.3) is 0 Å². The Morgan fingerprint density at radius 1 is 0.848 bits per heavy atom. The van der Waals surface area contributed by atoms with Crippen LogP contribution in [0.25, 0.3) is 0 Å². The van der Waals surface area contributed by atoms with Gasteiger partial charge >= 0.3 is 16.1 Å². The van der Waals surface area contributed by atoms with E-state index in [4.69, 9.17) is 4.18 Å². The Balaban J connectivity index is 2.63. The summed E-state index contributed by atoms with van der Waals surface area (Å²) in [4.78, 5) is 14.8. The summed E-state index contributed by atoms with van der Waals surface area (Å²) in [5.74, 6) is -0.793. The molecule has 0 bridgehead atoms. The highest BCUT2D eigenvalue weighted by molar-refractivity contribution is 7.87. The molecule has 0 heterocycles. The minimum atomic E-state index is -4.13. The van der Waals surface area contributed by atoms with Crippen molar-refractivity contribution in [2.24, 2.45) is 0 Å². The van der Waals surface area contributed by atoms with Crippen molar-refractivity contribution in [1.29, 1.82) is 0 Å². The maximum atomic E-state index is 12.7. The molecular formula is C27H43NO4S. The van der Waals surface area contributed by atoms with Gasteiger partial charge < -0.3 is 9.08 Å². The van der Waals surface area contributed by atoms with Gasteiger partial charge in [-0.2, -0.15) is 8.42 Å². The molecule has 0 aliphatic heterocycles. The third kappa shape index (κ3) is 12.7. The zero-order chi connectivity index (χ0) is 24.4. The lowest BCUT2D eigenvalue weighted by Gasteiger charge is -2.14. The van der Waals surface area contributed by atoms with Crippen molar-refractivity contribution in [1.82, 2.24) is 4.90 Å². The Labute approximate surface area is 202 Å². The second-order valence-electron chi connectivity index (χ2n) is 8.32. The van der Waals surface area contributed by atoms with Crippen LogP contribution in [0.5, 0.6) is 0 Å². The number of carbonyl (C=O) groups is 1. The zero-order valence-corrected chi connectivity index (χ0v) is 21.6. The summed E-state index contributed by atoms with van der Waals surface area (Å²) in [6.07, 6.45) is 17.9. The first kappa shape index (κ1) is 29.0. The average molecular weight is 478 g/mol. The molecule has 33 heavy (non-hydrogen) atoms. The quantitative estimate of drug-likeness (QED) is 0.0984. The first-order valence-corrected chi connectivity index (χ1v) is 14.0. The van der Waals surface area contributed by atoms with Gasteiger partial charge in [0.15, 0.2) is 0 Å². The van der Waals surface area contributed by atoms with Crippen molar-refractivity contribution in [3.05, 3.63) is 54.3 Å². The SMILES string of the molecule is CCCCCCCCCCCCC(=CC=CN(CC)CC)C(=O)OS(=O)(=O)c1ccccc1. The van der Waals surface area contributed by atoms with E-state index in [9.17, 15) is 13.2 Å². The van der Waals surface area contributed by atoms with E-state index in [1.165, 1.54) is 57.1 Å². The molecule has 0 radical (unpaired) electrons. The number of hydrogen-bond donors (Lipinski definition) is 0. The molecule has 0 spiro atoms. The van der Waals surface area contributed by atoms with E-state index in [2.05, 4.69) is 25.7 Å². The van der Waals surface area contributed by atoms with Crippen LogP contribution in [0, 0.1) is 0 Å². The summed E-state index contributed by atoms with van der Waals surface area (Å²) in [5.41, 5.74) is 0.387. The molecule has 0 atom stereocenters. The lowest BCUT2D eigenvalue weighted by atomic mass is 10.0. The van der Waals surface area contributed by atoms with E-state index >= 15 is 0 Å². The van der Waals surface area contributed by atoms with E-state index < -0.39 is 16.1 Å². The topological polar surface area (TPSA) is 63.7 Å². The molecule has 0 aliphatic carbocycles. The van der Waals surface area contributed by atoms with Crippen LogP contribution in [0.3, 0.4) is 0 Å². The fraction of sp³-hybridized carbons (Fsp3) is 0.593. The molecule has 6 heteroatoms. The monoisotopic (exact) mass is 477 g/mol. The fourth-order valence-corrected chi connectivity index (χ4v) is 4.45. The van der Waals surface area contributed by atoms with Crippen LogP contribution in [0.15, 0.2) is 59.2 Å². The van der Waals surface area contributed by atoms with Gasteiger partial charge in [-0.1, -0.05) is 89.0 Å². The second kappa shape index (κ2) is 17.4. The summed E-state index contributed by atoms with van der Waals surface area (Å²) in [7, 11) is -4.13. The van der Waals surface area contributed by atoms with E-state index in [0.717, 1.165) is 32.4 Å². The van der Waals surface area contributed by atoms with Crippen molar-refractivity contribution >= 4 is 16.1 Å². The van der Waals surface area contributed by atoms with Crippen LogP contribution >= 0.6 is 0 Å². The lowest BCUT2D eigenvalue weighted by molar-refractivity contribution is -0.129. The predicted molar refractivity (Wildman–Crippen MR) is 136 cm³/mol. The highest BCUT2D eigenvalue weighted by Crippen LogP contribution is 2.18. The smallest absolute Gasteiger partial charge is 0.350 e. The van der Waals surface area contributed by atoms with Gasteiger partial charge in [-0.05, 0) is 51.1 Å². The van der Waals surface area contributed by atoms with E-state index in [0.29, 0.717) is 12.0 Å². The van der Waals surface area contributed by atoms with Crippen molar-refractivity contribution in [2.75, 3.05) is 13.1 Å². The van der Waals surface area contributed by atoms with E-state index in [-0.39, 0.29) is 4.90 Å². The predicted octanol–water partition coefficient (Wildman–Crippen LogP) is 7.01. The molecule has 5 nitrogen and oxygen atoms in total. The van der Waals surface area contributed by atoms with Crippen molar-refractivity contribution < 1.29 is 17.4 Å². The van der Waals surface area contributed by atoms with Crippen LogP contribution in [-0.2, 0) is 19.1 Å². The average Bonchev–Trinajstić information content (AvgIpc) is 2.82. The van der Waals surface area contributed by atoms with Gasteiger partial charge in [0.2, 0.25) is 0 Å². The molecule has 0 N–H and O–H groups in total. The third-order valence-electron chi connectivity index (χ3n) is 5.69. The Bertz CT molecular complexity index is 812. The van der Waals surface area contributed by atoms with Crippen LogP contribution in [0.1, 0.15) is 91.4 Å². The molecule has 0 aromatic heterocycles. The molecule has 0 unspecified atom stereocenters. The molecular weight excluding hydrogens is 434 g/mol. The second-order valence-corrected chi connectivity index (χ2v) is 9.87. The van der Waals surface area contributed by atoms with Gasteiger partial charge in [-0.15, -0.1) is 0 Å². The number of unbranched alkanes of at least 4 members (excludes halogenated alkanes) is 9. The molecule has 0 fully saturated rings. The Kier molecular flexibility index (Phi) is 15.3. The molecule has 0 saturated carbocycles. The maximum absolute atomic E-state index is 12.7. The molecule has 186 valence electrons. The first-order valence-electron chi connectivity index (χ1n) is 12.6. The fourth-order valence-electron chi connectivity index (χ4n) is 3.56. The minimum absolute atomic E-state index is 0.0182. The Hall–Kier alpha value is -2.08. The van der Waals surface area contributed by atoms with Crippen molar-refractivity contribution in [3.8, 4) is 0 Å². The standard InChI is InChI=1S/C27H43NO4S/c1-4-7-8-9-10-11-12-13-14-16-20-25(21-19-24-28(5-2)6-3)27(29)32-33(30,31)26-22-17-15-18-23-26/h15,17-19,21-24H,4-14,16,20H2,1-3H3. The maximum Gasteiger partial charge on any atom is 0.350 e. The number of allylic oxidation sites excluding steroid dienone is 2. The Morgan fingerprint density at radius 3 is 1.94 bits per heavy atom. The number of carbonyl (C=O) groups excluding carboxylic acids is 1. The van der Waals surface area contributed by atoms with Crippen LogP contribution in [0.4, 0.5) is 0 Å². The largest absolute Gasteiger partial charge is 0.378 e. The third-order valence-corrected chi connectivity index (χ3v) is 6.91. The Morgan fingerprint density at radius 2 is 1.39 bits per heavy atom. The van der Waals surface area contributed by atoms with E-state index in [1.54, 1.807) is 30.4 Å². The summed E-state index contributed by atoms with van der Waals surface area (Å²) >= 11 is 0. The normalized spacial score (nSPS) is 12.3. The summed E-state index contributed by atoms with van der Waals surface area (Å²) in [5, 5.41) is 0. The number of nitrogens with zero attached hydrogens (tertiary/aromatic N) is 1. The van der Waals surface area contributed by atoms with Gasteiger partial charge in [0, 0.05) is 18.7 Å². The zero-order valence-electron chi connectivity index (χ0n) is 20.8. The van der Waals surface area contributed by atoms with Gasteiger partial charge in [0.05, 0.1) is 0 Å². The molecule has 1 aromatic carbocycles. The minimum Gasteiger partial charge on any atom is -0.378 e. The summed E-state index contributed by atoms with van der Waals surface area (Å²) in [6.45, 7) is 8.07. The lowest BCUT2D eigenvalue weighted by Crippen LogP contribution is -2.16. The van der Waals surface area contributed by atoms with Gasteiger partial charge in [-0.25, -0.2) is 4.79 Å². The molecule has 0 amide bonds. The molecule has 0 saturated heterocycles. The number of benzene rings is 1. The van der Waals surface area contributed by atoms with Crippen molar-refractivity contribution in [3.63, 3.8) is 0 Å². The highest BCUT2D eigenvalue weighted by Gasteiger charge is 2.22. The van der Waals surface area contributed by atoms with Crippen LogP contribution < -0.4 is 0 Å². The molecule has 0 aliphatic rings. The van der Waals surface area contributed by atoms with Gasteiger partial charge in [-0.3, -0.25) is 0 Å². The molecule has 1 rings (SSSR count). The van der Waals surface area contributed by atoms with Gasteiger partial charge in [0.1, 0.15) is 4.90 Å². The number of hydrogen-bond acceptors (Lipinski definition) is 5. The van der Waals surface area contributed by atoms with Crippen LogP contribution in [-0.4, -0.2) is 32.4 Å².